The molecule has 0 aliphatic carbocycles. The lowest BCUT2D eigenvalue weighted by atomic mass is 10.0. The number of pyridine rings is 1. The van der Waals surface area contributed by atoms with E-state index in [2.05, 4.69) is 4.98 Å². The van der Waals surface area contributed by atoms with Gasteiger partial charge >= 0.3 is 6.18 Å². The van der Waals surface area contributed by atoms with Gasteiger partial charge in [-0.05, 0) is 42.3 Å². The molecule has 0 saturated carbocycles. The molecule has 33 heavy (non-hydrogen) atoms. The van der Waals surface area contributed by atoms with E-state index < -0.39 is 29.5 Å². The highest BCUT2D eigenvalue weighted by Gasteiger charge is 2.32. The molecule has 3 N–H and O–H groups in total. The van der Waals surface area contributed by atoms with E-state index in [0.717, 1.165) is 17.3 Å². The van der Waals surface area contributed by atoms with Crippen molar-refractivity contribution < 1.29 is 32.2 Å². The molecule has 3 aromatic rings. The summed E-state index contributed by atoms with van der Waals surface area (Å²) in [6.07, 6.45) is -2.79. The lowest BCUT2D eigenvalue weighted by Crippen LogP contribution is -2.30. The Bertz CT molecular complexity index is 1200. The zero-order chi connectivity index (χ0) is 23.8. The van der Waals surface area contributed by atoms with Crippen molar-refractivity contribution in [3.05, 3.63) is 82.9 Å². The second kappa shape index (κ2) is 8.70. The number of nitrogens with two attached hydrogens (primary N) is 1. The number of benzene rings is 2. The number of ether oxygens (including phenoxy) is 1. The number of anilines is 1. The Morgan fingerprint density at radius 3 is 2.67 bits per heavy atom. The number of hydrogen-bond donors (Lipinski definition) is 2. The van der Waals surface area contributed by atoms with Crippen LogP contribution in [0.3, 0.4) is 0 Å². The van der Waals surface area contributed by atoms with Crippen LogP contribution in [-0.4, -0.2) is 29.1 Å². The molecule has 1 aromatic heterocycles. The predicted molar refractivity (Wildman–Crippen MR) is 112 cm³/mol. The number of aromatic nitrogens is 1. The third kappa shape index (κ3) is 4.61. The summed E-state index contributed by atoms with van der Waals surface area (Å²) in [5.74, 6) is -1.82. The molecule has 1 amide bonds. The number of alkyl halides is 3. The van der Waals surface area contributed by atoms with Gasteiger partial charge in [0.05, 0.1) is 23.9 Å². The van der Waals surface area contributed by atoms with Crippen molar-refractivity contribution in [1.29, 1.82) is 0 Å². The van der Waals surface area contributed by atoms with Gasteiger partial charge in [0.2, 0.25) is 5.91 Å². The second-order valence-corrected chi connectivity index (χ2v) is 7.50. The summed E-state index contributed by atoms with van der Waals surface area (Å²) >= 11 is 0. The van der Waals surface area contributed by atoms with E-state index in [4.69, 9.17) is 10.5 Å². The van der Waals surface area contributed by atoms with Gasteiger partial charge in [-0.3, -0.25) is 9.78 Å². The Kier molecular flexibility index (Phi) is 5.94. The Hall–Kier alpha value is -3.66. The van der Waals surface area contributed by atoms with E-state index in [1.165, 1.54) is 18.3 Å². The molecule has 0 radical (unpaired) electrons. The second-order valence-electron chi connectivity index (χ2n) is 7.50. The molecule has 172 valence electrons. The maximum atomic E-state index is 13.7. The molecule has 1 unspecified atom stereocenters. The first kappa shape index (κ1) is 22.5. The fraction of sp³-hybridized carbons (Fsp3) is 0.217. The van der Waals surface area contributed by atoms with Gasteiger partial charge < -0.3 is 20.5 Å². The van der Waals surface area contributed by atoms with Crippen molar-refractivity contribution in [2.45, 2.75) is 18.6 Å². The van der Waals surface area contributed by atoms with Crippen molar-refractivity contribution in [1.82, 2.24) is 4.98 Å². The molecule has 1 atom stereocenters. The Balaban J connectivity index is 1.63. The van der Waals surface area contributed by atoms with Crippen molar-refractivity contribution in [2.75, 3.05) is 18.1 Å². The van der Waals surface area contributed by atoms with E-state index in [1.54, 1.807) is 12.1 Å². The number of amides is 1. The van der Waals surface area contributed by atoms with Gasteiger partial charge in [0.25, 0.3) is 0 Å². The number of aliphatic hydroxyl groups is 1. The van der Waals surface area contributed by atoms with E-state index >= 15 is 0 Å². The van der Waals surface area contributed by atoms with Crippen molar-refractivity contribution in [3.63, 3.8) is 0 Å². The zero-order valence-corrected chi connectivity index (χ0v) is 17.1. The van der Waals surface area contributed by atoms with E-state index in [1.807, 2.05) is 11.0 Å². The minimum atomic E-state index is -4.72. The molecule has 4 rings (SSSR count). The number of carbonyl (C=O) groups excluding carboxylic acids is 1. The molecular formula is C23H19F4N3O3. The lowest BCUT2D eigenvalue weighted by Gasteiger charge is -2.28. The molecule has 6 nitrogen and oxygen atoms in total. The SMILES string of the molecule is NC(=O)c1cccc2c1CCN2C(CO)c1cc(Oc2cc(F)cc(C(F)(F)F)c2)ccn1. The number of fused-ring (bicyclic) bond motifs is 1. The number of nitrogens with zero attached hydrogens (tertiary/aromatic N) is 2. The van der Waals surface area contributed by atoms with Gasteiger partial charge in [0.15, 0.2) is 0 Å². The maximum absolute atomic E-state index is 13.7. The van der Waals surface area contributed by atoms with Gasteiger partial charge in [0.1, 0.15) is 17.3 Å². The van der Waals surface area contributed by atoms with Crippen LogP contribution in [-0.2, 0) is 12.6 Å². The largest absolute Gasteiger partial charge is 0.457 e. The van der Waals surface area contributed by atoms with Crippen LogP contribution < -0.4 is 15.4 Å². The summed E-state index contributed by atoms with van der Waals surface area (Å²) in [6, 6.07) is 9.35. The van der Waals surface area contributed by atoms with E-state index in [9.17, 15) is 27.5 Å². The fourth-order valence-corrected chi connectivity index (χ4v) is 3.96. The fourth-order valence-electron chi connectivity index (χ4n) is 3.96. The third-order valence-electron chi connectivity index (χ3n) is 5.41. The number of aliphatic hydroxyl groups excluding tert-OH is 1. The number of rotatable bonds is 6. The Morgan fingerprint density at radius 2 is 1.97 bits per heavy atom. The molecule has 0 bridgehead atoms. The average Bonchev–Trinajstić information content (AvgIpc) is 3.17. The molecule has 0 saturated heterocycles. The molecular weight excluding hydrogens is 442 g/mol. The van der Waals surface area contributed by atoms with Crippen molar-refractivity contribution >= 4 is 11.6 Å². The van der Waals surface area contributed by atoms with Crippen LogP contribution in [0.25, 0.3) is 0 Å². The van der Waals surface area contributed by atoms with Crippen LogP contribution in [0.15, 0.2) is 54.7 Å². The Morgan fingerprint density at radius 1 is 1.18 bits per heavy atom. The van der Waals surface area contributed by atoms with Gasteiger partial charge in [-0.1, -0.05) is 6.07 Å². The highest BCUT2D eigenvalue weighted by Crippen LogP contribution is 2.38. The highest BCUT2D eigenvalue weighted by molar-refractivity contribution is 5.96. The molecule has 1 aliphatic heterocycles. The van der Waals surface area contributed by atoms with Crippen LogP contribution in [0.2, 0.25) is 0 Å². The summed E-state index contributed by atoms with van der Waals surface area (Å²) in [5.41, 5.74) is 6.60. The lowest BCUT2D eigenvalue weighted by molar-refractivity contribution is -0.137. The van der Waals surface area contributed by atoms with Gasteiger partial charge in [-0.15, -0.1) is 0 Å². The zero-order valence-electron chi connectivity index (χ0n) is 17.1. The van der Waals surface area contributed by atoms with Gasteiger partial charge in [-0.25, -0.2) is 4.39 Å². The molecule has 0 spiro atoms. The topological polar surface area (TPSA) is 88.7 Å². The normalized spacial score (nSPS) is 14.2. The summed E-state index contributed by atoms with van der Waals surface area (Å²) < 4.78 is 58.1. The van der Waals surface area contributed by atoms with Crippen molar-refractivity contribution in [2.24, 2.45) is 5.73 Å². The molecule has 2 aromatic carbocycles. The van der Waals surface area contributed by atoms with Gasteiger partial charge in [-0.2, -0.15) is 13.2 Å². The number of hydrogen-bond acceptors (Lipinski definition) is 5. The minimum absolute atomic E-state index is 0.127. The van der Waals surface area contributed by atoms with Crippen LogP contribution >= 0.6 is 0 Å². The molecule has 10 heteroatoms. The first-order chi connectivity index (χ1) is 15.7. The molecule has 1 aliphatic rings. The number of carbonyl (C=O) groups is 1. The standard InChI is InChI=1S/C23H19F4N3O3/c24-14-8-13(23(25,26)27)9-16(10-14)33-15-4-6-29-19(11-15)21(12-31)30-7-5-17-18(22(28)32)2-1-3-20(17)30/h1-4,6,8-11,21,31H,5,7,12H2,(H2,28,32). The first-order valence-corrected chi connectivity index (χ1v) is 9.98. The highest BCUT2D eigenvalue weighted by atomic mass is 19.4. The van der Waals surface area contributed by atoms with Crippen LogP contribution in [0.1, 0.15) is 33.2 Å². The maximum Gasteiger partial charge on any atom is 0.416 e. The predicted octanol–water partition coefficient (Wildman–Crippen LogP) is 4.23. The third-order valence-corrected chi connectivity index (χ3v) is 5.41. The number of primary amides is 1. The molecule has 0 fully saturated rings. The summed E-state index contributed by atoms with van der Waals surface area (Å²) in [7, 11) is 0. The van der Waals surface area contributed by atoms with Crippen LogP contribution in [0.5, 0.6) is 11.5 Å². The van der Waals surface area contributed by atoms with Crippen LogP contribution in [0, 0.1) is 5.82 Å². The van der Waals surface area contributed by atoms with Crippen LogP contribution in [0.4, 0.5) is 23.2 Å². The summed E-state index contributed by atoms with van der Waals surface area (Å²) in [5, 5.41) is 10.1. The quantitative estimate of drug-likeness (QED) is 0.537. The number of halogens is 4. The first-order valence-electron chi connectivity index (χ1n) is 9.98. The smallest absolute Gasteiger partial charge is 0.416 e. The molecule has 2 heterocycles. The monoisotopic (exact) mass is 461 g/mol. The Labute approximate surface area is 186 Å². The van der Waals surface area contributed by atoms with Crippen molar-refractivity contribution in [3.8, 4) is 11.5 Å². The van der Waals surface area contributed by atoms with E-state index in [0.29, 0.717) is 36.4 Å². The van der Waals surface area contributed by atoms with Gasteiger partial charge in [0, 0.05) is 36.1 Å². The average molecular weight is 461 g/mol. The van der Waals surface area contributed by atoms with E-state index in [-0.39, 0.29) is 18.1 Å². The summed E-state index contributed by atoms with van der Waals surface area (Å²) in [6.45, 7) is 0.172. The minimum Gasteiger partial charge on any atom is -0.457 e. The summed E-state index contributed by atoms with van der Waals surface area (Å²) in [4.78, 5) is 17.9.